The molecule has 6 aromatic rings. The van der Waals surface area contributed by atoms with Crippen LogP contribution in [-0.2, 0) is 32.7 Å². The maximum Gasteiger partial charge on any atom is 0.0516 e. The largest absolute Gasteiger partial charge is 0.350 e. The normalized spacial score (nSPS) is 11.5. The SMILES string of the molecule is [Y].[c-]1ccccc1-c1[c-]cc2c(c1)c1cccc3c4ccccc4n2c13. The van der Waals surface area contributed by atoms with Gasteiger partial charge in [-0.2, -0.15) is 36.4 Å². The van der Waals surface area contributed by atoms with E-state index in [2.05, 4.69) is 77.2 Å². The van der Waals surface area contributed by atoms with Crippen molar-refractivity contribution < 1.29 is 32.7 Å². The van der Waals surface area contributed by atoms with Crippen LogP contribution in [0.4, 0.5) is 0 Å². The van der Waals surface area contributed by atoms with Gasteiger partial charge >= 0.3 is 0 Å². The number of nitrogens with zero attached hydrogens (tertiary/aromatic N) is 1. The van der Waals surface area contributed by atoms with Gasteiger partial charge in [-0.3, -0.25) is 0 Å². The molecule has 0 aliphatic rings. The molecule has 2 heteroatoms. The van der Waals surface area contributed by atoms with E-state index in [-0.39, 0.29) is 32.7 Å². The predicted molar refractivity (Wildman–Crippen MR) is 104 cm³/mol. The first-order valence-electron chi connectivity index (χ1n) is 8.47. The molecule has 0 spiro atoms. The third-order valence-corrected chi connectivity index (χ3v) is 5.15. The minimum absolute atomic E-state index is 0. The molecule has 6 rings (SSSR count). The Labute approximate surface area is 176 Å². The molecule has 0 N–H and O–H groups in total. The minimum atomic E-state index is 0. The van der Waals surface area contributed by atoms with Gasteiger partial charge in [0.15, 0.2) is 0 Å². The van der Waals surface area contributed by atoms with Crippen molar-refractivity contribution in [2.75, 3.05) is 0 Å². The van der Waals surface area contributed by atoms with E-state index in [0.717, 1.165) is 11.1 Å². The molecule has 0 saturated carbocycles. The van der Waals surface area contributed by atoms with Gasteiger partial charge in [-0.25, -0.2) is 11.1 Å². The number of hydrogen-bond donors (Lipinski definition) is 0. The summed E-state index contributed by atoms with van der Waals surface area (Å²) >= 11 is 0. The van der Waals surface area contributed by atoms with Gasteiger partial charge < -0.3 is 4.40 Å². The molecular weight excluding hydrogens is 391 g/mol. The van der Waals surface area contributed by atoms with Gasteiger partial charge in [0.1, 0.15) is 0 Å². The van der Waals surface area contributed by atoms with Crippen LogP contribution in [0.25, 0.3) is 49.2 Å². The number of rotatable bonds is 1. The zero-order chi connectivity index (χ0) is 16.4. The summed E-state index contributed by atoms with van der Waals surface area (Å²) in [6.07, 6.45) is 0. The van der Waals surface area contributed by atoms with Gasteiger partial charge in [0, 0.05) is 49.0 Å². The van der Waals surface area contributed by atoms with Crippen molar-refractivity contribution in [2.24, 2.45) is 0 Å². The fourth-order valence-electron chi connectivity index (χ4n) is 4.09. The molecule has 0 atom stereocenters. The second kappa shape index (κ2) is 5.91. The number of para-hydroxylation sites is 2. The van der Waals surface area contributed by atoms with Crippen LogP contribution in [0.2, 0.25) is 0 Å². The number of aromatic nitrogens is 1. The zero-order valence-corrected chi connectivity index (χ0v) is 16.9. The fraction of sp³-hybridized carbons (Fsp3) is 0. The van der Waals surface area contributed by atoms with Crippen LogP contribution in [0.15, 0.2) is 78.9 Å². The van der Waals surface area contributed by atoms with Crippen LogP contribution in [0.3, 0.4) is 0 Å². The van der Waals surface area contributed by atoms with Crippen LogP contribution in [-0.4, -0.2) is 4.40 Å². The Morgan fingerprint density at radius 1 is 0.615 bits per heavy atom. The van der Waals surface area contributed by atoms with Gasteiger partial charge in [-0.15, -0.1) is 12.1 Å². The van der Waals surface area contributed by atoms with E-state index in [4.69, 9.17) is 0 Å². The smallest absolute Gasteiger partial charge is 0.0516 e. The topological polar surface area (TPSA) is 4.41 Å². The van der Waals surface area contributed by atoms with E-state index in [1.54, 1.807) is 0 Å². The quantitative estimate of drug-likeness (QED) is 0.292. The summed E-state index contributed by atoms with van der Waals surface area (Å²) in [6, 6.07) is 34.5. The third kappa shape index (κ3) is 2.05. The molecule has 1 nitrogen and oxygen atoms in total. The van der Waals surface area contributed by atoms with Crippen LogP contribution >= 0.6 is 0 Å². The van der Waals surface area contributed by atoms with Gasteiger partial charge in [-0.1, -0.05) is 41.8 Å². The van der Waals surface area contributed by atoms with Crippen LogP contribution in [0.5, 0.6) is 0 Å². The van der Waals surface area contributed by atoms with Crippen molar-refractivity contribution in [3.8, 4) is 11.1 Å². The van der Waals surface area contributed by atoms with E-state index >= 15 is 0 Å². The van der Waals surface area contributed by atoms with Gasteiger partial charge in [-0.05, 0) is 17.0 Å². The molecule has 0 fully saturated rings. The summed E-state index contributed by atoms with van der Waals surface area (Å²) < 4.78 is 2.38. The van der Waals surface area contributed by atoms with Crippen molar-refractivity contribution in [3.63, 3.8) is 0 Å². The number of fused-ring (bicyclic) bond motifs is 6. The van der Waals surface area contributed by atoms with Gasteiger partial charge in [0.2, 0.25) is 0 Å². The molecule has 4 aromatic carbocycles. The molecule has 119 valence electrons. The molecule has 0 aliphatic carbocycles. The van der Waals surface area contributed by atoms with Crippen molar-refractivity contribution in [1.29, 1.82) is 0 Å². The first-order valence-corrected chi connectivity index (χ1v) is 8.47. The van der Waals surface area contributed by atoms with E-state index in [1.807, 2.05) is 18.2 Å². The summed E-state index contributed by atoms with van der Waals surface area (Å²) in [6.45, 7) is 0. The average molecular weight is 404 g/mol. The van der Waals surface area contributed by atoms with Crippen LogP contribution in [0.1, 0.15) is 0 Å². The first-order chi connectivity index (χ1) is 12.4. The Kier molecular flexibility index (Phi) is 3.63. The maximum absolute atomic E-state index is 3.47. The Balaban J connectivity index is 0.00000150. The Morgan fingerprint density at radius 3 is 2.23 bits per heavy atom. The van der Waals surface area contributed by atoms with Crippen molar-refractivity contribution in [2.45, 2.75) is 0 Å². The summed E-state index contributed by atoms with van der Waals surface area (Å²) in [4.78, 5) is 0. The van der Waals surface area contributed by atoms with Gasteiger partial charge in [0.05, 0.1) is 5.52 Å². The molecular formula is C24H13NY-2. The van der Waals surface area contributed by atoms with Crippen LogP contribution in [0, 0.1) is 12.1 Å². The van der Waals surface area contributed by atoms with Crippen molar-refractivity contribution in [1.82, 2.24) is 4.40 Å². The molecule has 0 amide bonds. The van der Waals surface area contributed by atoms with Crippen molar-refractivity contribution >= 4 is 38.1 Å². The van der Waals surface area contributed by atoms with E-state index in [0.29, 0.717) is 0 Å². The van der Waals surface area contributed by atoms with Gasteiger partial charge in [0.25, 0.3) is 0 Å². The summed E-state index contributed by atoms with van der Waals surface area (Å²) in [5, 5.41) is 5.20. The molecule has 26 heavy (non-hydrogen) atoms. The second-order valence-corrected chi connectivity index (χ2v) is 6.48. The Bertz CT molecular complexity index is 1380. The number of benzene rings is 4. The van der Waals surface area contributed by atoms with Crippen molar-refractivity contribution in [3.05, 3.63) is 91.0 Å². The standard InChI is InChI=1S/C24H13N.Y/c1-2-7-16(8-3-1)17-13-14-23-21(15-17)20-11-6-10-19-18-9-4-5-12-22(18)25(23)24(19)20;/h1-7,9-12,14-15H;/q-2;. The molecule has 0 aliphatic heterocycles. The third-order valence-electron chi connectivity index (χ3n) is 5.15. The maximum atomic E-state index is 3.47. The Morgan fingerprint density at radius 2 is 1.38 bits per heavy atom. The minimum Gasteiger partial charge on any atom is -0.350 e. The molecule has 2 aromatic heterocycles. The molecule has 1 radical (unpaired) electrons. The predicted octanol–water partition coefficient (Wildman–Crippen LogP) is 6.10. The Hall–Kier alpha value is -2.22. The zero-order valence-electron chi connectivity index (χ0n) is 14.0. The second-order valence-electron chi connectivity index (χ2n) is 6.48. The van der Waals surface area contributed by atoms with Crippen LogP contribution < -0.4 is 0 Å². The fourth-order valence-corrected chi connectivity index (χ4v) is 4.09. The molecule has 0 unspecified atom stereocenters. The van der Waals surface area contributed by atoms with E-state index < -0.39 is 0 Å². The molecule has 2 heterocycles. The molecule has 0 bridgehead atoms. The summed E-state index contributed by atoms with van der Waals surface area (Å²) in [5.74, 6) is 0. The monoisotopic (exact) mass is 404 g/mol. The van der Waals surface area contributed by atoms with E-state index in [1.165, 1.54) is 38.1 Å². The molecule has 0 saturated heterocycles. The summed E-state index contributed by atoms with van der Waals surface area (Å²) in [5.41, 5.74) is 5.95. The summed E-state index contributed by atoms with van der Waals surface area (Å²) in [7, 11) is 0. The average Bonchev–Trinajstić information content (AvgIpc) is 3.20. The number of hydrogen-bond acceptors (Lipinski definition) is 0. The first kappa shape index (κ1) is 16.0. The van der Waals surface area contributed by atoms with E-state index in [9.17, 15) is 0 Å².